The molecule has 8 aromatic carbocycles. The molecule has 0 saturated heterocycles. The van der Waals surface area contributed by atoms with Crippen molar-refractivity contribution in [2.24, 2.45) is 0 Å². The molecule has 1 aliphatic carbocycles. The monoisotopic (exact) mass is 740 g/mol. The Hall–Kier alpha value is -7.56. The smallest absolute Gasteiger partial charge is 0.231 e. The predicted octanol–water partition coefficient (Wildman–Crippen LogP) is 13.5. The number of fused-ring (bicyclic) bond motifs is 9. The summed E-state index contributed by atoms with van der Waals surface area (Å²) in [7, 11) is 0. The minimum atomic E-state index is 0.0146. The number of nitrogens with zero attached hydrogens (tertiary/aromatic N) is 4. The third-order valence-corrected chi connectivity index (χ3v) is 12.1. The Morgan fingerprint density at radius 2 is 1.16 bits per heavy atom. The van der Waals surface area contributed by atoms with Crippen LogP contribution in [0.4, 0.5) is 11.6 Å². The van der Waals surface area contributed by atoms with Crippen molar-refractivity contribution in [3.8, 4) is 28.1 Å². The maximum absolute atomic E-state index is 5.44. The van der Waals surface area contributed by atoms with E-state index in [4.69, 9.17) is 9.97 Å². The van der Waals surface area contributed by atoms with Gasteiger partial charge in [0.05, 0.1) is 28.3 Å². The van der Waals surface area contributed by atoms with Crippen LogP contribution in [0.2, 0.25) is 0 Å². The van der Waals surface area contributed by atoms with Crippen molar-refractivity contribution in [1.29, 1.82) is 0 Å². The van der Waals surface area contributed by atoms with Crippen LogP contribution in [0.15, 0.2) is 206 Å². The maximum atomic E-state index is 5.44. The summed E-state index contributed by atoms with van der Waals surface area (Å²) in [4.78, 5) is 13.1. The summed E-state index contributed by atoms with van der Waals surface area (Å²) in [5.41, 5.74) is 13.8. The Bertz CT molecular complexity index is 3300. The first-order chi connectivity index (χ1) is 28.8. The molecule has 2 unspecified atom stereocenters. The molecule has 2 atom stereocenters. The van der Waals surface area contributed by atoms with Crippen LogP contribution >= 0.6 is 0 Å². The van der Waals surface area contributed by atoms with Gasteiger partial charge in [-0.05, 0) is 75.7 Å². The first kappa shape index (κ1) is 32.7. The fourth-order valence-electron chi connectivity index (χ4n) is 9.54. The average molecular weight is 741 g/mol. The number of allylic oxidation sites excluding steroid dienone is 2. The number of hydrogen-bond donors (Lipinski definition) is 0. The number of anilines is 2. The van der Waals surface area contributed by atoms with Crippen molar-refractivity contribution < 1.29 is 0 Å². The van der Waals surface area contributed by atoms with Gasteiger partial charge in [-0.2, -0.15) is 0 Å². The van der Waals surface area contributed by atoms with E-state index in [1.165, 1.54) is 54.8 Å². The van der Waals surface area contributed by atoms with E-state index in [2.05, 4.69) is 216 Å². The summed E-state index contributed by atoms with van der Waals surface area (Å²) >= 11 is 0. The lowest BCUT2D eigenvalue weighted by Crippen LogP contribution is -2.30. The Labute approximate surface area is 336 Å². The molecule has 1 aliphatic heterocycles. The first-order valence-electron chi connectivity index (χ1n) is 20.0. The second-order valence-electron chi connectivity index (χ2n) is 15.3. The Morgan fingerprint density at radius 3 is 2.02 bits per heavy atom. The van der Waals surface area contributed by atoms with Gasteiger partial charge in [0.1, 0.15) is 0 Å². The van der Waals surface area contributed by atoms with Gasteiger partial charge in [-0.25, -0.2) is 9.97 Å². The molecule has 4 heteroatoms. The van der Waals surface area contributed by atoms with Gasteiger partial charge in [-0.3, -0.25) is 0 Å². The third-order valence-electron chi connectivity index (χ3n) is 12.1. The van der Waals surface area contributed by atoms with Crippen LogP contribution in [0.25, 0.3) is 77.1 Å². The van der Waals surface area contributed by atoms with Gasteiger partial charge in [-0.15, -0.1) is 0 Å². The van der Waals surface area contributed by atoms with E-state index in [1.54, 1.807) is 0 Å². The quantitative estimate of drug-likeness (QED) is 0.176. The Morgan fingerprint density at radius 1 is 0.483 bits per heavy atom. The summed E-state index contributed by atoms with van der Waals surface area (Å²) in [5, 5.41) is 6.04. The highest BCUT2D eigenvalue weighted by atomic mass is 15.3. The van der Waals surface area contributed by atoms with Crippen LogP contribution < -0.4 is 4.90 Å². The van der Waals surface area contributed by atoms with Gasteiger partial charge < -0.3 is 9.47 Å². The van der Waals surface area contributed by atoms with Crippen LogP contribution in [-0.4, -0.2) is 20.6 Å². The molecule has 0 bridgehead atoms. The molecule has 12 rings (SSSR count). The minimum absolute atomic E-state index is 0.0146. The molecule has 58 heavy (non-hydrogen) atoms. The first-order valence-corrected chi connectivity index (χ1v) is 20.0. The van der Waals surface area contributed by atoms with Crippen LogP contribution in [0.1, 0.15) is 17.0 Å². The van der Waals surface area contributed by atoms with Gasteiger partial charge in [0, 0.05) is 44.4 Å². The molecule has 2 aromatic heterocycles. The second-order valence-corrected chi connectivity index (χ2v) is 15.3. The molecule has 0 N–H and O–H groups in total. The van der Waals surface area contributed by atoms with E-state index in [0.717, 1.165) is 39.1 Å². The van der Waals surface area contributed by atoms with E-state index in [9.17, 15) is 0 Å². The largest absolute Gasteiger partial charge is 0.309 e. The number of para-hydroxylation sites is 4. The summed E-state index contributed by atoms with van der Waals surface area (Å²) in [6, 6.07) is 67.3. The van der Waals surface area contributed by atoms with Crippen LogP contribution in [0.3, 0.4) is 0 Å². The van der Waals surface area contributed by atoms with Crippen LogP contribution in [-0.2, 0) is 0 Å². The summed E-state index contributed by atoms with van der Waals surface area (Å²) in [6.07, 6.45) is 7.19. The molecule has 0 fully saturated rings. The molecule has 4 nitrogen and oxygen atoms in total. The highest BCUT2D eigenvalue weighted by Crippen LogP contribution is 2.50. The predicted molar refractivity (Wildman–Crippen MR) is 241 cm³/mol. The fourth-order valence-corrected chi connectivity index (χ4v) is 9.54. The Kier molecular flexibility index (Phi) is 7.32. The van der Waals surface area contributed by atoms with Crippen molar-refractivity contribution in [3.63, 3.8) is 0 Å². The van der Waals surface area contributed by atoms with Gasteiger partial charge in [0.2, 0.25) is 5.95 Å². The SMILES string of the molecule is C1=CC2C(C=C1c1cc3c4ccccc4n(-c4ccccc4)c3c3ccccc13)c1ccccc1N2c1nc(-c2cccc(-c3ccccc3)c2)c2ccccc2n1. The summed E-state index contributed by atoms with van der Waals surface area (Å²) in [5.74, 6) is 0.817. The third kappa shape index (κ3) is 5.01. The fraction of sp³-hybridized carbons (Fsp3) is 0.0370. The molecule has 10 aromatic rings. The zero-order valence-electron chi connectivity index (χ0n) is 31.6. The highest BCUT2D eigenvalue weighted by molar-refractivity contribution is 6.21. The van der Waals surface area contributed by atoms with E-state index >= 15 is 0 Å². The summed E-state index contributed by atoms with van der Waals surface area (Å²) < 4.78 is 2.43. The number of rotatable bonds is 5. The minimum Gasteiger partial charge on any atom is -0.309 e. The van der Waals surface area contributed by atoms with E-state index in [1.807, 2.05) is 0 Å². The zero-order valence-corrected chi connectivity index (χ0v) is 31.6. The van der Waals surface area contributed by atoms with Crippen LogP contribution in [0, 0.1) is 0 Å². The number of aromatic nitrogens is 3. The highest BCUT2D eigenvalue weighted by Gasteiger charge is 2.40. The lowest BCUT2D eigenvalue weighted by molar-refractivity contribution is 0.733. The van der Waals surface area contributed by atoms with E-state index < -0.39 is 0 Å². The number of hydrogen-bond acceptors (Lipinski definition) is 3. The molecular formula is C54H36N4. The molecule has 0 saturated carbocycles. The average Bonchev–Trinajstić information content (AvgIpc) is 3.82. The van der Waals surface area contributed by atoms with Crippen molar-refractivity contribution >= 4 is 60.7 Å². The van der Waals surface area contributed by atoms with Gasteiger partial charge >= 0.3 is 0 Å². The lowest BCUT2D eigenvalue weighted by atomic mass is 9.84. The molecule has 3 heterocycles. The Balaban J connectivity index is 1.01. The maximum Gasteiger partial charge on any atom is 0.231 e. The van der Waals surface area contributed by atoms with E-state index in [0.29, 0.717) is 5.95 Å². The zero-order chi connectivity index (χ0) is 38.2. The van der Waals surface area contributed by atoms with Gasteiger partial charge in [0.25, 0.3) is 0 Å². The van der Waals surface area contributed by atoms with Gasteiger partial charge in [0.15, 0.2) is 0 Å². The van der Waals surface area contributed by atoms with Crippen molar-refractivity contribution in [2.75, 3.05) is 4.90 Å². The summed E-state index contributed by atoms with van der Waals surface area (Å²) in [6.45, 7) is 0. The van der Waals surface area contributed by atoms with Crippen molar-refractivity contribution in [2.45, 2.75) is 12.0 Å². The normalized spacial score (nSPS) is 15.9. The molecule has 0 radical (unpaired) electrons. The van der Waals surface area contributed by atoms with Crippen molar-refractivity contribution in [3.05, 3.63) is 217 Å². The van der Waals surface area contributed by atoms with Crippen LogP contribution in [0.5, 0.6) is 0 Å². The molecular weight excluding hydrogens is 705 g/mol. The van der Waals surface area contributed by atoms with Gasteiger partial charge in [-0.1, -0.05) is 164 Å². The standard InChI is InChI=1S/C54H36N4/c1-3-16-35(17-4-1)36-18-15-19-38(32-36)52-44-26-9-12-27-48(44)55-54(56-52)58-50-29-14-10-23-41(50)46-33-37(30-31-51(46)58)45-34-47-42-24-11-13-28-49(42)57(39-20-5-2-6-21-39)53(47)43-25-8-7-22-40(43)45/h1-34,46,51H. The topological polar surface area (TPSA) is 34.0 Å². The molecule has 0 amide bonds. The molecule has 2 aliphatic rings. The van der Waals surface area contributed by atoms with Crippen molar-refractivity contribution in [1.82, 2.24) is 14.5 Å². The second kappa shape index (κ2) is 13.0. The molecule has 272 valence electrons. The van der Waals surface area contributed by atoms with E-state index in [-0.39, 0.29) is 12.0 Å². The number of benzene rings is 8. The molecule has 0 spiro atoms. The lowest BCUT2D eigenvalue weighted by Gasteiger charge is -2.29.